The maximum Gasteiger partial charge on any atom is 0.251 e. The van der Waals surface area contributed by atoms with Crippen molar-refractivity contribution in [2.24, 2.45) is 0 Å². The number of rotatable bonds is 5. The number of benzene rings is 4. The molecule has 4 aromatic rings. The van der Waals surface area contributed by atoms with Gasteiger partial charge in [0.1, 0.15) is 11.6 Å². The Labute approximate surface area is 238 Å². The first kappa shape index (κ1) is 26.3. The summed E-state index contributed by atoms with van der Waals surface area (Å²) in [6, 6.07) is 30.2. The lowest BCUT2D eigenvalue weighted by Crippen LogP contribution is -2.37. The summed E-state index contributed by atoms with van der Waals surface area (Å²) < 4.78 is 19.4. The van der Waals surface area contributed by atoms with E-state index >= 15 is 0 Å². The largest absolute Gasteiger partial charge is 0.497 e. The number of nitrogens with one attached hydrogen (secondary N) is 1. The van der Waals surface area contributed by atoms with Gasteiger partial charge in [0.25, 0.3) is 5.91 Å². The zero-order chi connectivity index (χ0) is 28.3. The van der Waals surface area contributed by atoms with E-state index in [1.807, 2.05) is 78.9 Å². The Morgan fingerprint density at radius 3 is 2.29 bits per heavy atom. The maximum absolute atomic E-state index is 14.1. The normalized spacial score (nSPS) is 18.4. The van der Waals surface area contributed by atoms with Gasteiger partial charge in [0.05, 0.1) is 24.5 Å². The number of hydrogen-bond acceptors (Lipinski definition) is 4. The fraction of sp³-hybridized carbons (Fsp3) is 0.143. The van der Waals surface area contributed by atoms with Crippen molar-refractivity contribution in [2.45, 2.75) is 24.8 Å². The molecule has 1 aliphatic carbocycles. The average Bonchev–Trinajstić information content (AvgIpc) is 3.15. The SMILES string of the molecule is COc1ccc(C2CC(=O)C3=C(C2)Nc2ccccc2N(C(=O)C=Cc2ccccc2)C3c2ccc(F)cc2)cc1. The number of nitrogens with zero attached hydrogens (tertiary/aromatic N) is 1. The number of para-hydroxylation sites is 2. The van der Waals surface area contributed by atoms with Gasteiger partial charge in [-0.1, -0.05) is 66.7 Å². The van der Waals surface area contributed by atoms with Crippen molar-refractivity contribution in [1.29, 1.82) is 0 Å². The van der Waals surface area contributed by atoms with E-state index < -0.39 is 6.04 Å². The molecule has 41 heavy (non-hydrogen) atoms. The van der Waals surface area contributed by atoms with Crippen LogP contribution < -0.4 is 15.0 Å². The fourth-order valence-electron chi connectivity index (χ4n) is 5.72. The van der Waals surface area contributed by atoms with Crippen LogP contribution in [0.25, 0.3) is 6.08 Å². The summed E-state index contributed by atoms with van der Waals surface area (Å²) in [4.78, 5) is 29.8. The van der Waals surface area contributed by atoms with Gasteiger partial charge in [0.2, 0.25) is 0 Å². The van der Waals surface area contributed by atoms with E-state index in [2.05, 4.69) is 5.32 Å². The van der Waals surface area contributed by atoms with Crippen LogP contribution in [0.2, 0.25) is 0 Å². The highest BCUT2D eigenvalue weighted by atomic mass is 19.1. The van der Waals surface area contributed by atoms with Gasteiger partial charge in [-0.05, 0) is 71.5 Å². The molecule has 0 radical (unpaired) electrons. The molecule has 2 unspecified atom stereocenters. The number of hydrogen-bond donors (Lipinski definition) is 1. The minimum absolute atomic E-state index is 0.0408. The van der Waals surface area contributed by atoms with Crippen LogP contribution in [-0.4, -0.2) is 18.8 Å². The first-order chi connectivity index (χ1) is 20.0. The second-order valence-corrected chi connectivity index (χ2v) is 10.2. The number of Topliss-reactive ketones (excluding diaryl/α,β-unsaturated/α-hetero) is 1. The number of ketones is 1. The number of carbonyl (C=O) groups is 2. The lowest BCUT2D eigenvalue weighted by Gasteiger charge is -2.34. The average molecular weight is 545 g/mol. The van der Waals surface area contributed by atoms with Crippen LogP contribution in [0.3, 0.4) is 0 Å². The molecule has 6 heteroatoms. The predicted molar refractivity (Wildman–Crippen MR) is 159 cm³/mol. The zero-order valence-electron chi connectivity index (χ0n) is 22.6. The highest BCUT2D eigenvalue weighted by Gasteiger charge is 2.41. The summed E-state index contributed by atoms with van der Waals surface area (Å²) >= 11 is 0. The molecular formula is C35H29FN2O3. The topological polar surface area (TPSA) is 58.6 Å². The van der Waals surface area contributed by atoms with Gasteiger partial charge in [-0.25, -0.2) is 4.39 Å². The highest BCUT2D eigenvalue weighted by Crippen LogP contribution is 2.47. The molecule has 1 heterocycles. The summed E-state index contributed by atoms with van der Waals surface area (Å²) in [6.45, 7) is 0. The summed E-state index contributed by atoms with van der Waals surface area (Å²) in [5, 5.41) is 3.53. The molecule has 4 aromatic carbocycles. The minimum atomic E-state index is -0.737. The Hall–Kier alpha value is -4.97. The molecule has 204 valence electrons. The number of allylic oxidation sites excluding steroid dienone is 1. The van der Waals surface area contributed by atoms with E-state index in [1.54, 1.807) is 30.2 Å². The summed E-state index contributed by atoms with van der Waals surface area (Å²) in [5.74, 6) is 0.00148. The standard InChI is InChI=1S/C35H29FN2O3/c1-41-28-18-14-24(15-19-28)26-21-30-34(32(39)22-26)35(25-12-16-27(36)17-13-25)38(31-10-6-5-9-29(31)37-30)33(40)20-11-23-7-3-2-4-8-23/h2-20,26,35,37H,21-22H2,1H3. The molecule has 0 aromatic heterocycles. The number of fused-ring (bicyclic) bond motifs is 1. The Morgan fingerprint density at radius 1 is 0.878 bits per heavy atom. The number of anilines is 2. The highest BCUT2D eigenvalue weighted by molar-refractivity contribution is 6.10. The van der Waals surface area contributed by atoms with E-state index in [4.69, 9.17) is 4.74 Å². The molecule has 0 saturated carbocycles. The lowest BCUT2D eigenvalue weighted by atomic mass is 9.78. The Bertz CT molecular complexity index is 1640. The maximum atomic E-state index is 14.1. The van der Waals surface area contributed by atoms with Crippen LogP contribution in [0, 0.1) is 5.82 Å². The van der Waals surface area contributed by atoms with Gasteiger partial charge in [0, 0.05) is 23.8 Å². The molecule has 6 rings (SSSR count). The van der Waals surface area contributed by atoms with Crippen LogP contribution in [0.15, 0.2) is 120 Å². The molecule has 1 N–H and O–H groups in total. The van der Waals surface area contributed by atoms with Crippen molar-refractivity contribution >= 4 is 29.1 Å². The molecule has 1 amide bonds. The van der Waals surface area contributed by atoms with Crippen LogP contribution in [0.5, 0.6) is 5.75 Å². The van der Waals surface area contributed by atoms with E-state index in [0.717, 1.165) is 28.3 Å². The molecule has 2 atom stereocenters. The number of ether oxygens (including phenoxy) is 1. The van der Waals surface area contributed by atoms with E-state index in [9.17, 15) is 14.0 Å². The molecule has 0 spiro atoms. The molecular weight excluding hydrogens is 515 g/mol. The second-order valence-electron chi connectivity index (χ2n) is 10.2. The summed E-state index contributed by atoms with van der Waals surface area (Å²) in [6.07, 6.45) is 4.18. The quantitative estimate of drug-likeness (QED) is 0.265. The van der Waals surface area contributed by atoms with E-state index in [1.165, 1.54) is 18.2 Å². The van der Waals surface area contributed by atoms with Crippen LogP contribution in [0.1, 0.15) is 41.5 Å². The van der Waals surface area contributed by atoms with Crippen LogP contribution >= 0.6 is 0 Å². The molecule has 2 aliphatic rings. The predicted octanol–water partition coefficient (Wildman–Crippen LogP) is 7.45. The molecule has 0 bridgehead atoms. The summed E-state index contributed by atoms with van der Waals surface area (Å²) in [5.41, 5.74) is 5.26. The third-order valence-electron chi connectivity index (χ3n) is 7.72. The van der Waals surface area contributed by atoms with E-state index in [-0.39, 0.29) is 23.4 Å². The fourth-order valence-corrected chi connectivity index (χ4v) is 5.72. The first-order valence-corrected chi connectivity index (χ1v) is 13.6. The Morgan fingerprint density at radius 2 is 1.56 bits per heavy atom. The van der Waals surface area contributed by atoms with Gasteiger partial charge in [-0.15, -0.1) is 0 Å². The van der Waals surface area contributed by atoms with Crippen molar-refractivity contribution in [2.75, 3.05) is 17.3 Å². The third-order valence-corrected chi connectivity index (χ3v) is 7.72. The molecule has 1 aliphatic heterocycles. The van der Waals surface area contributed by atoms with Gasteiger partial charge < -0.3 is 10.1 Å². The minimum Gasteiger partial charge on any atom is -0.497 e. The summed E-state index contributed by atoms with van der Waals surface area (Å²) in [7, 11) is 1.63. The number of amides is 1. The van der Waals surface area contributed by atoms with Crippen LogP contribution in [-0.2, 0) is 9.59 Å². The van der Waals surface area contributed by atoms with Crippen molar-refractivity contribution in [3.63, 3.8) is 0 Å². The van der Waals surface area contributed by atoms with Gasteiger partial charge in [-0.3, -0.25) is 14.5 Å². The monoisotopic (exact) mass is 544 g/mol. The van der Waals surface area contributed by atoms with Gasteiger partial charge >= 0.3 is 0 Å². The van der Waals surface area contributed by atoms with Crippen molar-refractivity contribution in [3.8, 4) is 5.75 Å². The molecule has 5 nitrogen and oxygen atoms in total. The Kier molecular flexibility index (Phi) is 7.21. The molecule has 0 fully saturated rings. The smallest absolute Gasteiger partial charge is 0.251 e. The Balaban J connectivity index is 1.48. The van der Waals surface area contributed by atoms with Crippen molar-refractivity contribution < 1.29 is 18.7 Å². The third kappa shape index (κ3) is 5.29. The first-order valence-electron chi connectivity index (χ1n) is 13.6. The number of methoxy groups -OCH3 is 1. The van der Waals surface area contributed by atoms with Crippen LogP contribution in [0.4, 0.5) is 15.8 Å². The van der Waals surface area contributed by atoms with Crippen molar-refractivity contribution in [3.05, 3.63) is 143 Å². The zero-order valence-corrected chi connectivity index (χ0v) is 22.6. The number of halogens is 1. The second kappa shape index (κ2) is 11.3. The van der Waals surface area contributed by atoms with Crippen molar-refractivity contribution in [1.82, 2.24) is 0 Å². The molecule has 0 saturated heterocycles. The lowest BCUT2D eigenvalue weighted by molar-refractivity contribution is -0.116. The van der Waals surface area contributed by atoms with Gasteiger partial charge in [0.15, 0.2) is 5.78 Å². The van der Waals surface area contributed by atoms with E-state index in [0.29, 0.717) is 29.7 Å². The number of carbonyl (C=O) groups excluding carboxylic acids is 2. The van der Waals surface area contributed by atoms with Gasteiger partial charge in [-0.2, -0.15) is 0 Å².